The monoisotopic (exact) mass is 352 g/mol. The van der Waals surface area contributed by atoms with Crippen molar-refractivity contribution < 1.29 is 8.42 Å². The molecule has 0 bridgehead atoms. The molecule has 4 nitrogen and oxygen atoms in total. The van der Waals surface area contributed by atoms with Gasteiger partial charge in [0.2, 0.25) is 0 Å². The van der Waals surface area contributed by atoms with Gasteiger partial charge in [-0.25, -0.2) is 0 Å². The van der Waals surface area contributed by atoms with Crippen molar-refractivity contribution in [3.05, 3.63) is 20.8 Å². The second kappa shape index (κ2) is 6.00. The SMILES string of the molecule is CC1CCCCN1S(=O)(=O)NCc1sccc1Br. The van der Waals surface area contributed by atoms with Crippen LogP contribution in [-0.4, -0.2) is 25.3 Å². The molecule has 1 aliphatic heterocycles. The largest absolute Gasteiger partial charge is 0.280 e. The van der Waals surface area contributed by atoms with Crippen LogP contribution in [0, 0.1) is 0 Å². The van der Waals surface area contributed by atoms with E-state index in [2.05, 4.69) is 20.7 Å². The van der Waals surface area contributed by atoms with Crippen molar-refractivity contribution in [3.63, 3.8) is 0 Å². The second-order valence-electron chi connectivity index (χ2n) is 4.47. The van der Waals surface area contributed by atoms with Crippen molar-refractivity contribution in [2.75, 3.05) is 6.54 Å². The maximum atomic E-state index is 12.2. The van der Waals surface area contributed by atoms with E-state index in [1.54, 1.807) is 15.6 Å². The summed E-state index contributed by atoms with van der Waals surface area (Å²) in [4.78, 5) is 1.00. The maximum absolute atomic E-state index is 12.2. The summed E-state index contributed by atoms with van der Waals surface area (Å²) in [5.74, 6) is 0. The Kier molecular flexibility index (Phi) is 4.82. The fraction of sp³-hybridized carbons (Fsp3) is 0.636. The summed E-state index contributed by atoms with van der Waals surface area (Å²) >= 11 is 4.95. The Morgan fingerprint density at radius 2 is 2.33 bits per heavy atom. The normalized spacial score (nSPS) is 22.2. The molecule has 0 amide bonds. The van der Waals surface area contributed by atoms with Crippen LogP contribution in [0.25, 0.3) is 0 Å². The van der Waals surface area contributed by atoms with Crippen LogP contribution in [0.2, 0.25) is 0 Å². The summed E-state index contributed by atoms with van der Waals surface area (Å²) < 4.78 is 29.6. The molecule has 7 heteroatoms. The van der Waals surface area contributed by atoms with Gasteiger partial charge in [-0.05, 0) is 47.1 Å². The number of thiophene rings is 1. The molecule has 1 fully saturated rings. The lowest BCUT2D eigenvalue weighted by Crippen LogP contribution is -2.47. The first-order valence-corrected chi connectivity index (χ1v) is 9.10. The van der Waals surface area contributed by atoms with E-state index in [-0.39, 0.29) is 6.04 Å². The highest BCUT2D eigenvalue weighted by molar-refractivity contribution is 9.10. The molecular formula is C11H17BrN2O2S2. The summed E-state index contributed by atoms with van der Waals surface area (Å²) in [6, 6.07) is 2.03. The quantitative estimate of drug-likeness (QED) is 0.905. The summed E-state index contributed by atoms with van der Waals surface area (Å²) in [5.41, 5.74) is 0. The number of nitrogens with zero attached hydrogens (tertiary/aromatic N) is 1. The number of nitrogens with one attached hydrogen (secondary N) is 1. The number of hydrogen-bond donors (Lipinski definition) is 1. The lowest BCUT2D eigenvalue weighted by Gasteiger charge is -2.32. The van der Waals surface area contributed by atoms with Crippen LogP contribution >= 0.6 is 27.3 Å². The molecule has 0 aromatic carbocycles. The van der Waals surface area contributed by atoms with Gasteiger partial charge in [-0.15, -0.1) is 11.3 Å². The summed E-state index contributed by atoms with van der Waals surface area (Å²) in [6.07, 6.45) is 3.02. The molecule has 1 aromatic rings. The van der Waals surface area contributed by atoms with E-state index < -0.39 is 10.2 Å². The van der Waals surface area contributed by atoms with E-state index in [4.69, 9.17) is 0 Å². The zero-order chi connectivity index (χ0) is 13.2. The van der Waals surface area contributed by atoms with E-state index in [1.807, 2.05) is 18.4 Å². The molecule has 0 saturated carbocycles. The van der Waals surface area contributed by atoms with Gasteiger partial charge in [0.1, 0.15) is 0 Å². The molecule has 1 saturated heterocycles. The van der Waals surface area contributed by atoms with Crippen LogP contribution in [0.15, 0.2) is 15.9 Å². The van der Waals surface area contributed by atoms with Gasteiger partial charge in [-0.2, -0.15) is 17.4 Å². The summed E-state index contributed by atoms with van der Waals surface area (Å²) in [5, 5.41) is 1.94. The third kappa shape index (κ3) is 3.33. The average molecular weight is 353 g/mol. The fourth-order valence-electron chi connectivity index (χ4n) is 2.12. The van der Waals surface area contributed by atoms with E-state index in [0.717, 1.165) is 28.6 Å². The van der Waals surface area contributed by atoms with Crippen LogP contribution in [0.3, 0.4) is 0 Å². The lowest BCUT2D eigenvalue weighted by molar-refractivity contribution is 0.265. The van der Waals surface area contributed by atoms with Crippen molar-refractivity contribution in [1.29, 1.82) is 0 Å². The molecule has 0 aliphatic carbocycles. The Morgan fingerprint density at radius 1 is 1.56 bits per heavy atom. The van der Waals surface area contributed by atoms with Crippen LogP contribution in [0.4, 0.5) is 0 Å². The van der Waals surface area contributed by atoms with Crippen molar-refractivity contribution >= 4 is 37.5 Å². The number of piperidine rings is 1. The highest BCUT2D eigenvalue weighted by atomic mass is 79.9. The molecular weight excluding hydrogens is 336 g/mol. The van der Waals surface area contributed by atoms with E-state index in [0.29, 0.717) is 13.1 Å². The van der Waals surface area contributed by atoms with Gasteiger partial charge < -0.3 is 0 Å². The molecule has 1 aromatic heterocycles. The third-order valence-electron chi connectivity index (χ3n) is 3.16. The third-order valence-corrected chi connectivity index (χ3v) is 6.75. The predicted octanol–water partition coefficient (Wildman–Crippen LogP) is 2.72. The van der Waals surface area contributed by atoms with Crippen molar-refractivity contribution in [1.82, 2.24) is 9.03 Å². The van der Waals surface area contributed by atoms with Gasteiger partial charge in [0.05, 0.1) is 0 Å². The molecule has 1 atom stereocenters. The Morgan fingerprint density at radius 3 is 2.94 bits per heavy atom. The minimum Gasteiger partial charge on any atom is -0.197 e. The van der Waals surface area contributed by atoms with Gasteiger partial charge in [0, 0.05) is 28.5 Å². The highest BCUT2D eigenvalue weighted by Gasteiger charge is 2.29. The molecule has 2 rings (SSSR count). The Balaban J connectivity index is 2.01. The van der Waals surface area contributed by atoms with E-state index in [1.165, 1.54) is 0 Å². The van der Waals surface area contributed by atoms with Crippen LogP contribution in [-0.2, 0) is 16.8 Å². The molecule has 1 unspecified atom stereocenters. The molecule has 0 radical (unpaired) electrons. The zero-order valence-corrected chi connectivity index (χ0v) is 13.4. The minimum absolute atomic E-state index is 0.100. The lowest BCUT2D eigenvalue weighted by atomic mass is 10.1. The molecule has 1 aliphatic rings. The topological polar surface area (TPSA) is 49.4 Å². The van der Waals surface area contributed by atoms with Gasteiger partial charge >= 0.3 is 0 Å². The molecule has 0 spiro atoms. The van der Waals surface area contributed by atoms with Crippen molar-refractivity contribution in [2.24, 2.45) is 0 Å². The Labute approximate surface area is 121 Å². The first-order valence-electron chi connectivity index (χ1n) is 5.99. The highest BCUT2D eigenvalue weighted by Crippen LogP contribution is 2.23. The minimum atomic E-state index is -3.36. The Hall–Kier alpha value is 0.0500. The zero-order valence-electron chi connectivity index (χ0n) is 10.2. The summed E-state index contributed by atoms with van der Waals surface area (Å²) in [6.45, 7) is 2.95. The van der Waals surface area contributed by atoms with Gasteiger partial charge in [-0.3, -0.25) is 0 Å². The van der Waals surface area contributed by atoms with Crippen LogP contribution in [0.1, 0.15) is 31.1 Å². The first kappa shape index (κ1) is 14.5. The number of halogens is 1. The number of rotatable bonds is 4. The van der Waals surface area contributed by atoms with E-state index in [9.17, 15) is 8.42 Å². The fourth-order valence-corrected chi connectivity index (χ4v) is 5.08. The average Bonchev–Trinajstić information content (AvgIpc) is 2.73. The molecule has 2 heterocycles. The molecule has 1 N–H and O–H groups in total. The maximum Gasteiger partial charge on any atom is 0.280 e. The standard InChI is InChI=1S/C11H17BrN2O2S2/c1-9-4-2-3-6-14(9)18(15,16)13-8-11-10(12)5-7-17-11/h5,7,9,13H,2-4,6,8H2,1H3. The summed E-state index contributed by atoms with van der Waals surface area (Å²) in [7, 11) is -3.36. The first-order chi connectivity index (χ1) is 8.50. The van der Waals surface area contributed by atoms with E-state index >= 15 is 0 Å². The van der Waals surface area contributed by atoms with Gasteiger partial charge in [0.25, 0.3) is 10.2 Å². The predicted molar refractivity (Wildman–Crippen MR) is 77.8 cm³/mol. The second-order valence-corrected chi connectivity index (χ2v) is 8.04. The smallest absolute Gasteiger partial charge is 0.197 e. The van der Waals surface area contributed by atoms with Crippen LogP contribution in [0.5, 0.6) is 0 Å². The number of hydrogen-bond acceptors (Lipinski definition) is 3. The molecule has 18 heavy (non-hydrogen) atoms. The van der Waals surface area contributed by atoms with Crippen molar-refractivity contribution in [2.45, 2.75) is 38.8 Å². The van der Waals surface area contributed by atoms with Gasteiger partial charge in [-0.1, -0.05) is 6.42 Å². The van der Waals surface area contributed by atoms with Crippen molar-refractivity contribution in [3.8, 4) is 0 Å². The van der Waals surface area contributed by atoms with Crippen LogP contribution < -0.4 is 4.72 Å². The van der Waals surface area contributed by atoms with Gasteiger partial charge in [0.15, 0.2) is 0 Å². The molecule has 102 valence electrons. The Bertz CT molecular complexity index is 501.